The zero-order valence-electron chi connectivity index (χ0n) is 20.0. The minimum Gasteiger partial charge on any atom is -0.192 e. The van der Waals surface area contributed by atoms with Crippen molar-refractivity contribution in [1.29, 1.82) is 0 Å². The molecule has 0 bridgehead atoms. The van der Waals surface area contributed by atoms with Gasteiger partial charge in [-0.25, -0.2) is 0 Å². The summed E-state index contributed by atoms with van der Waals surface area (Å²) in [5, 5.41) is 2.84. The lowest BCUT2D eigenvalue weighted by Gasteiger charge is -2.46. The number of aryl methyl sites for hydroxylation is 3. The number of hydrogen-bond acceptors (Lipinski definition) is 0. The van der Waals surface area contributed by atoms with E-state index < -0.39 is 0 Å². The van der Waals surface area contributed by atoms with Crippen LogP contribution in [0.5, 0.6) is 0 Å². The largest absolute Gasteiger partial charge is 0.221 e. The molecule has 0 N–H and O–H groups in total. The maximum atomic E-state index is 2.62. The van der Waals surface area contributed by atoms with Crippen LogP contribution in [0.25, 0.3) is 22.0 Å². The van der Waals surface area contributed by atoms with Crippen LogP contribution in [-0.4, -0.2) is 0 Å². The van der Waals surface area contributed by atoms with Crippen molar-refractivity contribution < 1.29 is 4.57 Å². The van der Waals surface area contributed by atoms with E-state index in [9.17, 15) is 0 Å². The fraction of sp³-hybridized carbons (Fsp3) is 0.483. The molecule has 0 aliphatic carbocycles. The minimum absolute atomic E-state index is 0.0411. The molecule has 158 valence electrons. The lowest BCUT2D eigenvalue weighted by atomic mass is 9.60. The molecule has 0 saturated heterocycles. The first-order valence-electron chi connectivity index (χ1n) is 11.9. The number of fused-ring (bicyclic) bond motifs is 5. The molecule has 1 aromatic heterocycles. The number of unbranched alkanes of at least 4 members (excludes halogenated alkanes) is 1. The highest BCUT2D eigenvalue weighted by molar-refractivity contribution is 5.96. The van der Waals surface area contributed by atoms with Gasteiger partial charge in [-0.05, 0) is 79.8 Å². The second-order valence-electron chi connectivity index (χ2n) is 9.81. The molecule has 1 aliphatic heterocycles. The molecule has 1 heteroatoms. The molecule has 3 aromatic rings. The second-order valence-corrected chi connectivity index (χ2v) is 9.81. The van der Waals surface area contributed by atoms with Gasteiger partial charge in [-0.2, -0.15) is 4.57 Å². The van der Waals surface area contributed by atoms with E-state index in [2.05, 4.69) is 95.6 Å². The topological polar surface area (TPSA) is 3.88 Å². The predicted molar refractivity (Wildman–Crippen MR) is 129 cm³/mol. The van der Waals surface area contributed by atoms with E-state index in [-0.39, 0.29) is 11.0 Å². The summed E-state index contributed by atoms with van der Waals surface area (Å²) in [7, 11) is 0. The van der Waals surface area contributed by atoms with E-state index in [0.717, 1.165) is 19.3 Å². The molecular weight excluding hydrogens is 362 g/mol. The average molecular weight is 401 g/mol. The monoisotopic (exact) mass is 400 g/mol. The van der Waals surface area contributed by atoms with E-state index in [1.165, 1.54) is 57.1 Å². The third-order valence-electron chi connectivity index (χ3n) is 8.48. The summed E-state index contributed by atoms with van der Waals surface area (Å²) in [5.41, 5.74) is 8.81. The number of hydrogen-bond donors (Lipinski definition) is 0. The van der Waals surface area contributed by atoms with Crippen LogP contribution in [0.1, 0.15) is 82.6 Å². The van der Waals surface area contributed by atoms with Crippen molar-refractivity contribution in [2.45, 2.75) is 91.5 Å². The molecule has 2 aromatic carbocycles. The van der Waals surface area contributed by atoms with Gasteiger partial charge in [-0.15, -0.1) is 0 Å². The maximum Gasteiger partial charge on any atom is 0.221 e. The standard InChI is InChI=1S/C29H38N/c1-8-11-13-22-14-12-15-24-23(22)16-17-30-27(24)25-18-20(4)21(5)19-26(25)28(6,9-2)29(30,7)10-3/h12,14-19H,8-11,13H2,1-7H3/q+1. The van der Waals surface area contributed by atoms with Crippen molar-refractivity contribution in [3.05, 3.63) is 64.8 Å². The zero-order chi connectivity index (χ0) is 21.7. The summed E-state index contributed by atoms with van der Waals surface area (Å²) in [4.78, 5) is 0. The van der Waals surface area contributed by atoms with E-state index in [1.807, 2.05) is 0 Å². The summed E-state index contributed by atoms with van der Waals surface area (Å²) >= 11 is 0. The molecule has 2 atom stereocenters. The first-order valence-corrected chi connectivity index (χ1v) is 11.9. The highest BCUT2D eigenvalue weighted by Crippen LogP contribution is 2.51. The van der Waals surface area contributed by atoms with Crippen molar-refractivity contribution in [2.24, 2.45) is 0 Å². The van der Waals surface area contributed by atoms with Crippen LogP contribution >= 0.6 is 0 Å². The highest BCUT2D eigenvalue weighted by Gasteiger charge is 2.56. The predicted octanol–water partition coefficient (Wildman–Crippen LogP) is 7.56. The van der Waals surface area contributed by atoms with Gasteiger partial charge in [0.05, 0.1) is 16.4 Å². The summed E-state index contributed by atoms with van der Waals surface area (Å²) in [6.45, 7) is 16.5. The zero-order valence-corrected chi connectivity index (χ0v) is 20.0. The third kappa shape index (κ3) is 2.77. The first kappa shape index (κ1) is 21.1. The Morgan fingerprint density at radius 1 is 0.867 bits per heavy atom. The summed E-state index contributed by atoms with van der Waals surface area (Å²) < 4.78 is 2.62. The van der Waals surface area contributed by atoms with Crippen LogP contribution in [-0.2, 0) is 17.4 Å². The van der Waals surface area contributed by atoms with Gasteiger partial charge in [0.1, 0.15) is 0 Å². The number of nitrogens with zero attached hydrogens (tertiary/aromatic N) is 1. The van der Waals surface area contributed by atoms with Gasteiger partial charge in [-0.3, -0.25) is 0 Å². The third-order valence-corrected chi connectivity index (χ3v) is 8.48. The molecule has 4 rings (SSSR count). The highest BCUT2D eigenvalue weighted by atomic mass is 15.1. The Morgan fingerprint density at radius 3 is 2.27 bits per heavy atom. The smallest absolute Gasteiger partial charge is 0.192 e. The number of benzene rings is 2. The quantitative estimate of drug-likeness (QED) is 0.389. The van der Waals surface area contributed by atoms with Crippen molar-refractivity contribution in [3.8, 4) is 11.3 Å². The van der Waals surface area contributed by atoms with E-state index in [4.69, 9.17) is 0 Å². The summed E-state index contributed by atoms with van der Waals surface area (Å²) in [6.07, 6.45) is 8.28. The maximum absolute atomic E-state index is 2.62. The van der Waals surface area contributed by atoms with Crippen molar-refractivity contribution in [2.75, 3.05) is 0 Å². The minimum atomic E-state index is 0.0411. The Kier molecular flexibility index (Phi) is 5.29. The van der Waals surface area contributed by atoms with Crippen LogP contribution in [0.4, 0.5) is 0 Å². The average Bonchev–Trinajstić information content (AvgIpc) is 2.76. The first-order chi connectivity index (χ1) is 14.3. The number of pyridine rings is 1. The van der Waals surface area contributed by atoms with Crippen LogP contribution in [0, 0.1) is 13.8 Å². The number of aromatic nitrogens is 1. The SMILES string of the molecule is CCCCc1cccc2c3[n+](ccc12)C(C)(CC)C(C)(CC)c1cc(C)c(C)cc1-3. The lowest BCUT2D eigenvalue weighted by Crippen LogP contribution is -2.67. The Hall–Kier alpha value is -2.15. The second kappa shape index (κ2) is 7.52. The molecule has 30 heavy (non-hydrogen) atoms. The Bertz CT molecular complexity index is 1110. The van der Waals surface area contributed by atoms with Gasteiger partial charge in [0.2, 0.25) is 5.69 Å². The van der Waals surface area contributed by atoms with Crippen LogP contribution in [0.3, 0.4) is 0 Å². The summed E-state index contributed by atoms with van der Waals surface area (Å²) in [5.74, 6) is 0. The van der Waals surface area contributed by atoms with Crippen molar-refractivity contribution in [1.82, 2.24) is 0 Å². The van der Waals surface area contributed by atoms with Crippen LogP contribution in [0.15, 0.2) is 42.6 Å². The molecule has 0 spiro atoms. The van der Waals surface area contributed by atoms with Crippen molar-refractivity contribution in [3.63, 3.8) is 0 Å². The van der Waals surface area contributed by atoms with Gasteiger partial charge in [0.25, 0.3) is 0 Å². The van der Waals surface area contributed by atoms with Crippen LogP contribution < -0.4 is 4.57 Å². The molecular formula is C29H38N+. The van der Waals surface area contributed by atoms with Gasteiger partial charge in [0, 0.05) is 19.4 Å². The molecule has 2 unspecified atom stereocenters. The molecule has 1 nitrogen and oxygen atoms in total. The van der Waals surface area contributed by atoms with Gasteiger partial charge in [-0.1, -0.05) is 45.4 Å². The summed E-state index contributed by atoms with van der Waals surface area (Å²) in [6, 6.07) is 14.3. The fourth-order valence-electron chi connectivity index (χ4n) is 5.80. The van der Waals surface area contributed by atoms with Crippen LogP contribution in [0.2, 0.25) is 0 Å². The van der Waals surface area contributed by atoms with E-state index in [0.29, 0.717) is 0 Å². The van der Waals surface area contributed by atoms with Gasteiger partial charge >= 0.3 is 0 Å². The molecule has 0 amide bonds. The van der Waals surface area contributed by atoms with E-state index >= 15 is 0 Å². The van der Waals surface area contributed by atoms with E-state index in [1.54, 1.807) is 0 Å². The lowest BCUT2D eigenvalue weighted by molar-refractivity contribution is -0.764. The molecule has 0 radical (unpaired) electrons. The normalized spacial score (nSPS) is 22.8. The fourth-order valence-corrected chi connectivity index (χ4v) is 5.80. The number of rotatable bonds is 5. The molecule has 1 aliphatic rings. The van der Waals surface area contributed by atoms with Gasteiger partial charge in [0.15, 0.2) is 11.7 Å². The Labute approximate surface area is 183 Å². The Morgan fingerprint density at radius 2 is 1.60 bits per heavy atom. The molecule has 2 heterocycles. The van der Waals surface area contributed by atoms with Gasteiger partial charge < -0.3 is 0 Å². The van der Waals surface area contributed by atoms with Crippen molar-refractivity contribution >= 4 is 10.8 Å². The molecule has 0 saturated carbocycles. The molecule has 0 fully saturated rings. The Balaban J connectivity index is 2.14.